The van der Waals surface area contributed by atoms with Gasteiger partial charge in [0.2, 0.25) is 4.77 Å². The summed E-state index contributed by atoms with van der Waals surface area (Å²) in [4.78, 5) is 0. The van der Waals surface area contributed by atoms with Crippen LogP contribution >= 0.6 is 12.2 Å². The molecule has 1 heterocycles. The quantitative estimate of drug-likeness (QED) is 0.617. The molecule has 0 spiro atoms. The highest BCUT2D eigenvalue weighted by Gasteiger charge is 2.15. The van der Waals surface area contributed by atoms with Crippen molar-refractivity contribution in [3.8, 4) is 5.75 Å². The van der Waals surface area contributed by atoms with E-state index in [0.29, 0.717) is 17.3 Å². The third-order valence-corrected chi connectivity index (χ3v) is 3.82. The van der Waals surface area contributed by atoms with Gasteiger partial charge < -0.3 is 4.74 Å². The summed E-state index contributed by atoms with van der Waals surface area (Å²) >= 11 is 5.29. The largest absolute Gasteiger partial charge is 0.493 e. The second-order valence-corrected chi connectivity index (χ2v) is 5.31. The summed E-state index contributed by atoms with van der Waals surface area (Å²) in [5.74, 6) is 2.03. The van der Waals surface area contributed by atoms with Crippen LogP contribution in [-0.4, -0.2) is 27.7 Å². The molecular formula is C16H22N4OS. The first kappa shape index (κ1) is 16.4. The number of nitrogens with one attached hydrogen (secondary N) is 1. The Bertz CT molecular complexity index is 685. The van der Waals surface area contributed by atoms with Gasteiger partial charge in [0.1, 0.15) is 5.75 Å². The maximum absolute atomic E-state index is 5.61. The Morgan fingerprint density at radius 2 is 2.05 bits per heavy atom. The van der Waals surface area contributed by atoms with Crippen LogP contribution in [0.5, 0.6) is 5.75 Å². The second-order valence-electron chi connectivity index (χ2n) is 4.93. The van der Waals surface area contributed by atoms with E-state index in [9.17, 15) is 0 Å². The predicted molar refractivity (Wildman–Crippen MR) is 91.3 cm³/mol. The minimum Gasteiger partial charge on any atom is -0.493 e. The lowest BCUT2D eigenvalue weighted by Crippen LogP contribution is -2.05. The first-order chi connectivity index (χ1) is 10.7. The number of rotatable bonds is 7. The fourth-order valence-electron chi connectivity index (χ4n) is 2.33. The lowest BCUT2D eigenvalue weighted by molar-refractivity contribution is 0.340. The van der Waals surface area contributed by atoms with Gasteiger partial charge in [-0.3, -0.25) is 5.10 Å². The molecule has 1 N–H and O–H groups in total. The molecular weight excluding hydrogens is 296 g/mol. The lowest BCUT2D eigenvalue weighted by Gasteiger charge is -2.10. The highest BCUT2D eigenvalue weighted by molar-refractivity contribution is 7.71. The zero-order valence-corrected chi connectivity index (χ0v) is 14.1. The van der Waals surface area contributed by atoms with Crippen LogP contribution in [0.4, 0.5) is 0 Å². The van der Waals surface area contributed by atoms with E-state index >= 15 is 0 Å². The number of hydrogen-bond donors (Lipinski definition) is 1. The van der Waals surface area contributed by atoms with Gasteiger partial charge in [0, 0.05) is 11.5 Å². The summed E-state index contributed by atoms with van der Waals surface area (Å²) in [6.45, 7) is 6.87. The molecule has 2 rings (SSSR count). The zero-order valence-electron chi connectivity index (χ0n) is 13.2. The molecule has 0 saturated heterocycles. The van der Waals surface area contributed by atoms with Crippen LogP contribution < -0.4 is 4.74 Å². The SMILES string of the molecule is CCOc1ccccc1/C=N\n1c(C(CC)CC)n[nH]c1=S. The van der Waals surface area contributed by atoms with Crippen molar-refractivity contribution in [1.82, 2.24) is 14.9 Å². The Morgan fingerprint density at radius 1 is 1.32 bits per heavy atom. The van der Waals surface area contributed by atoms with E-state index in [2.05, 4.69) is 29.1 Å². The molecule has 0 bridgehead atoms. The number of benzene rings is 1. The molecule has 1 aromatic carbocycles. The molecule has 0 amide bonds. The highest BCUT2D eigenvalue weighted by Crippen LogP contribution is 2.21. The van der Waals surface area contributed by atoms with Gasteiger partial charge >= 0.3 is 0 Å². The van der Waals surface area contributed by atoms with Crippen molar-refractivity contribution < 1.29 is 4.74 Å². The van der Waals surface area contributed by atoms with E-state index < -0.39 is 0 Å². The molecule has 0 aliphatic carbocycles. The summed E-state index contributed by atoms with van der Waals surface area (Å²) in [7, 11) is 0. The van der Waals surface area contributed by atoms with E-state index in [1.807, 2.05) is 31.2 Å². The van der Waals surface area contributed by atoms with Crippen LogP contribution in [-0.2, 0) is 0 Å². The Kier molecular flexibility index (Phi) is 5.89. The van der Waals surface area contributed by atoms with Crippen molar-refractivity contribution in [2.45, 2.75) is 39.5 Å². The van der Waals surface area contributed by atoms with E-state index in [-0.39, 0.29) is 0 Å². The Hall–Kier alpha value is -1.95. The normalized spacial score (nSPS) is 11.5. The summed E-state index contributed by atoms with van der Waals surface area (Å²) in [5.41, 5.74) is 0.919. The maximum Gasteiger partial charge on any atom is 0.216 e. The van der Waals surface area contributed by atoms with E-state index in [4.69, 9.17) is 17.0 Å². The molecule has 0 aliphatic rings. The maximum atomic E-state index is 5.61. The van der Waals surface area contributed by atoms with E-state index in [1.54, 1.807) is 10.9 Å². The molecule has 118 valence electrons. The Morgan fingerprint density at radius 3 is 2.73 bits per heavy atom. The zero-order chi connectivity index (χ0) is 15.9. The highest BCUT2D eigenvalue weighted by atomic mass is 32.1. The number of hydrogen-bond acceptors (Lipinski definition) is 4. The average molecular weight is 318 g/mol. The molecule has 22 heavy (non-hydrogen) atoms. The van der Waals surface area contributed by atoms with Gasteiger partial charge in [-0.25, -0.2) is 0 Å². The summed E-state index contributed by atoms with van der Waals surface area (Å²) in [5, 5.41) is 11.7. The molecule has 2 aromatic rings. The molecule has 5 nitrogen and oxygen atoms in total. The topological polar surface area (TPSA) is 55.2 Å². The number of H-pyrrole nitrogens is 1. The summed E-state index contributed by atoms with van der Waals surface area (Å²) in [6.07, 6.45) is 3.77. The van der Waals surface area contributed by atoms with Gasteiger partial charge in [0.15, 0.2) is 5.82 Å². The van der Waals surface area contributed by atoms with Crippen molar-refractivity contribution >= 4 is 18.4 Å². The fourth-order valence-corrected chi connectivity index (χ4v) is 2.51. The minimum atomic E-state index is 0.340. The monoisotopic (exact) mass is 318 g/mol. The van der Waals surface area contributed by atoms with Crippen LogP contribution in [0.1, 0.15) is 50.9 Å². The van der Waals surface area contributed by atoms with Crippen LogP contribution in [0, 0.1) is 4.77 Å². The second kappa shape index (κ2) is 7.89. The molecule has 0 aliphatic heterocycles. The summed E-state index contributed by atoms with van der Waals surface area (Å²) < 4.78 is 7.82. The number of para-hydroxylation sites is 1. The molecule has 0 unspecified atom stereocenters. The third-order valence-electron chi connectivity index (χ3n) is 3.56. The smallest absolute Gasteiger partial charge is 0.216 e. The first-order valence-electron chi connectivity index (χ1n) is 7.64. The third kappa shape index (κ3) is 3.62. The minimum absolute atomic E-state index is 0.340. The number of nitrogens with zero attached hydrogens (tertiary/aromatic N) is 3. The first-order valence-corrected chi connectivity index (χ1v) is 8.05. The molecule has 0 fully saturated rings. The Labute approximate surface area is 136 Å². The van der Waals surface area contributed by atoms with Gasteiger partial charge in [-0.05, 0) is 44.1 Å². The van der Waals surface area contributed by atoms with Crippen LogP contribution in [0.3, 0.4) is 0 Å². The van der Waals surface area contributed by atoms with Gasteiger partial charge in [-0.1, -0.05) is 26.0 Å². The van der Waals surface area contributed by atoms with Gasteiger partial charge in [0.25, 0.3) is 0 Å². The fraction of sp³-hybridized carbons (Fsp3) is 0.438. The van der Waals surface area contributed by atoms with Crippen molar-refractivity contribution in [3.05, 3.63) is 40.4 Å². The number of aromatic amines is 1. The Balaban J connectivity index is 2.35. The van der Waals surface area contributed by atoms with Crippen LogP contribution in [0.2, 0.25) is 0 Å². The van der Waals surface area contributed by atoms with E-state index in [1.165, 1.54) is 0 Å². The van der Waals surface area contributed by atoms with Gasteiger partial charge in [-0.15, -0.1) is 0 Å². The molecule has 0 saturated carbocycles. The van der Waals surface area contributed by atoms with Crippen molar-refractivity contribution in [3.63, 3.8) is 0 Å². The van der Waals surface area contributed by atoms with E-state index in [0.717, 1.165) is 30.0 Å². The van der Waals surface area contributed by atoms with Crippen molar-refractivity contribution in [1.29, 1.82) is 0 Å². The average Bonchev–Trinajstić information content (AvgIpc) is 2.89. The van der Waals surface area contributed by atoms with Crippen LogP contribution in [0.25, 0.3) is 0 Å². The molecule has 6 heteroatoms. The molecule has 1 aromatic heterocycles. The standard InChI is InChI=1S/C16H22N4OS/c1-4-12(5-2)15-18-19-16(22)20(15)17-11-13-9-7-8-10-14(13)21-6-3/h7-12H,4-6H2,1-3H3,(H,19,22)/b17-11-. The van der Waals surface area contributed by atoms with Gasteiger partial charge in [0.05, 0.1) is 12.8 Å². The summed E-state index contributed by atoms with van der Waals surface area (Å²) in [6, 6.07) is 7.80. The lowest BCUT2D eigenvalue weighted by atomic mass is 10.0. The van der Waals surface area contributed by atoms with Crippen molar-refractivity contribution in [2.24, 2.45) is 5.10 Å². The van der Waals surface area contributed by atoms with Crippen molar-refractivity contribution in [2.75, 3.05) is 6.61 Å². The number of ether oxygens (including phenoxy) is 1. The molecule has 0 radical (unpaired) electrons. The number of aromatic nitrogens is 3. The van der Waals surface area contributed by atoms with Crippen LogP contribution in [0.15, 0.2) is 29.4 Å². The molecule has 0 atom stereocenters. The predicted octanol–water partition coefficient (Wildman–Crippen LogP) is 4.13. The van der Waals surface area contributed by atoms with Gasteiger partial charge in [-0.2, -0.15) is 14.9 Å².